The van der Waals surface area contributed by atoms with E-state index in [0.717, 1.165) is 28.9 Å². The van der Waals surface area contributed by atoms with Crippen molar-refractivity contribution in [1.29, 1.82) is 5.26 Å². The molecule has 0 aliphatic rings. The van der Waals surface area contributed by atoms with Gasteiger partial charge in [0.25, 0.3) is 11.1 Å². The average molecular weight is 455 g/mol. The van der Waals surface area contributed by atoms with E-state index in [-0.39, 0.29) is 15.9 Å². The van der Waals surface area contributed by atoms with Gasteiger partial charge in [-0.1, -0.05) is 42.0 Å². The molecule has 0 fully saturated rings. The fourth-order valence-corrected chi connectivity index (χ4v) is 3.96. The van der Waals surface area contributed by atoms with E-state index in [4.69, 9.17) is 4.74 Å². The number of amides is 1. The second-order valence-corrected chi connectivity index (χ2v) is 9.29. The first-order chi connectivity index (χ1) is 14.7. The fourth-order valence-electron chi connectivity index (χ4n) is 2.52. The van der Waals surface area contributed by atoms with Gasteiger partial charge in [0.05, 0.1) is 0 Å². The van der Waals surface area contributed by atoms with Gasteiger partial charge in [0, 0.05) is 17.8 Å². The van der Waals surface area contributed by atoms with E-state index >= 15 is 0 Å². The van der Waals surface area contributed by atoms with Gasteiger partial charge in [-0.2, -0.15) is 14.6 Å². The Labute approximate surface area is 183 Å². The lowest BCUT2D eigenvalue weighted by Crippen LogP contribution is -2.13. The van der Waals surface area contributed by atoms with Crippen LogP contribution in [0, 0.1) is 18.3 Å². The third-order valence-corrected chi connectivity index (χ3v) is 5.60. The topological polar surface area (TPSA) is 122 Å². The quantitative estimate of drug-likeness (QED) is 0.429. The highest BCUT2D eigenvalue weighted by Gasteiger charge is 2.17. The SMILES string of the molecule is Cc1cccc(COc2ccc(/C=C(/C#N)C(=O)Nc3nc(S(C)(=O)=O)ns3)cc2)c1. The van der Waals surface area contributed by atoms with Crippen LogP contribution >= 0.6 is 11.5 Å². The van der Waals surface area contributed by atoms with E-state index in [1.54, 1.807) is 24.3 Å². The summed E-state index contributed by atoms with van der Waals surface area (Å²) in [6, 6.07) is 16.8. The molecule has 1 aromatic heterocycles. The Morgan fingerprint density at radius 3 is 2.61 bits per heavy atom. The zero-order chi connectivity index (χ0) is 22.4. The summed E-state index contributed by atoms with van der Waals surface area (Å²) in [4.78, 5) is 16.1. The van der Waals surface area contributed by atoms with Gasteiger partial charge < -0.3 is 4.74 Å². The molecule has 1 heterocycles. The van der Waals surface area contributed by atoms with Crippen LogP contribution in [0.3, 0.4) is 0 Å². The number of nitrogens with zero attached hydrogens (tertiary/aromatic N) is 3. The van der Waals surface area contributed by atoms with Crippen molar-refractivity contribution in [3.8, 4) is 11.8 Å². The molecule has 31 heavy (non-hydrogen) atoms. The highest BCUT2D eigenvalue weighted by atomic mass is 32.2. The van der Waals surface area contributed by atoms with E-state index in [1.807, 2.05) is 37.3 Å². The van der Waals surface area contributed by atoms with Gasteiger partial charge in [0.2, 0.25) is 15.0 Å². The number of sulfone groups is 1. The Morgan fingerprint density at radius 1 is 1.26 bits per heavy atom. The third-order valence-electron chi connectivity index (χ3n) is 4.00. The Bertz CT molecular complexity index is 1270. The van der Waals surface area contributed by atoms with Gasteiger partial charge in [-0.25, -0.2) is 8.42 Å². The van der Waals surface area contributed by atoms with E-state index in [1.165, 1.54) is 6.08 Å². The number of aryl methyl sites for hydroxylation is 1. The van der Waals surface area contributed by atoms with Crippen molar-refractivity contribution in [2.24, 2.45) is 0 Å². The molecule has 2 aromatic carbocycles. The van der Waals surface area contributed by atoms with Crippen LogP contribution in [0.4, 0.5) is 5.13 Å². The molecule has 0 aliphatic carbocycles. The number of carbonyl (C=O) groups excluding carboxylic acids is 1. The number of ether oxygens (including phenoxy) is 1. The summed E-state index contributed by atoms with van der Waals surface area (Å²) < 4.78 is 32.3. The molecule has 8 nitrogen and oxygen atoms in total. The molecule has 158 valence electrons. The van der Waals surface area contributed by atoms with Gasteiger partial charge in [-0.3, -0.25) is 10.1 Å². The number of nitrogens with one attached hydrogen (secondary N) is 1. The van der Waals surface area contributed by atoms with Crippen molar-refractivity contribution >= 4 is 38.5 Å². The number of anilines is 1. The monoisotopic (exact) mass is 454 g/mol. The van der Waals surface area contributed by atoms with E-state index in [2.05, 4.69) is 14.7 Å². The molecule has 0 unspecified atom stereocenters. The van der Waals surface area contributed by atoms with Gasteiger partial charge in [0.1, 0.15) is 24.0 Å². The molecule has 3 aromatic rings. The average Bonchev–Trinajstić information content (AvgIpc) is 3.20. The molecule has 0 saturated heterocycles. The number of rotatable bonds is 7. The molecule has 10 heteroatoms. The lowest BCUT2D eigenvalue weighted by atomic mass is 10.1. The standard InChI is InChI=1S/C21H18N4O4S2/c1-14-4-3-5-16(10-14)13-29-18-8-6-15(7-9-18)11-17(12-22)19(26)23-20-24-21(25-30-20)31(2,27)28/h3-11H,13H2,1-2H3,(H,23,24,25,26)/b17-11-. The fraction of sp³-hybridized carbons (Fsp3) is 0.143. The number of hydrogen-bond donors (Lipinski definition) is 1. The highest BCUT2D eigenvalue weighted by Crippen LogP contribution is 2.18. The molecule has 1 N–H and O–H groups in total. The van der Waals surface area contributed by atoms with Crippen LogP contribution in [0.2, 0.25) is 0 Å². The second kappa shape index (κ2) is 9.51. The van der Waals surface area contributed by atoms with Crippen LogP contribution in [0.5, 0.6) is 5.75 Å². The minimum atomic E-state index is -3.58. The molecule has 0 aliphatic heterocycles. The molecule has 0 spiro atoms. The Morgan fingerprint density at radius 2 is 2.00 bits per heavy atom. The van der Waals surface area contributed by atoms with E-state index < -0.39 is 15.7 Å². The van der Waals surface area contributed by atoms with Crippen LogP contribution < -0.4 is 10.1 Å². The van der Waals surface area contributed by atoms with Gasteiger partial charge in [-0.15, -0.1) is 0 Å². The zero-order valence-corrected chi connectivity index (χ0v) is 18.3. The van der Waals surface area contributed by atoms with Gasteiger partial charge in [0.15, 0.2) is 0 Å². The largest absolute Gasteiger partial charge is 0.489 e. The third kappa shape index (κ3) is 6.21. The number of nitriles is 1. The van der Waals surface area contributed by atoms with Crippen LogP contribution in [0.1, 0.15) is 16.7 Å². The maximum Gasteiger partial charge on any atom is 0.268 e. The predicted octanol–water partition coefficient (Wildman–Crippen LogP) is 3.37. The number of benzene rings is 2. The van der Waals surface area contributed by atoms with Crippen LogP contribution in [0.15, 0.2) is 59.3 Å². The Balaban J connectivity index is 1.65. The Kier molecular flexibility index (Phi) is 6.79. The maximum absolute atomic E-state index is 12.3. The van der Waals surface area contributed by atoms with E-state index in [0.29, 0.717) is 17.9 Å². The predicted molar refractivity (Wildman–Crippen MR) is 117 cm³/mol. The van der Waals surface area contributed by atoms with Crippen LogP contribution in [-0.4, -0.2) is 29.9 Å². The Hall–Kier alpha value is -3.55. The van der Waals surface area contributed by atoms with E-state index in [9.17, 15) is 18.5 Å². The summed E-state index contributed by atoms with van der Waals surface area (Å²) in [5.74, 6) is -0.0535. The second-order valence-electron chi connectivity index (χ2n) is 6.62. The van der Waals surface area contributed by atoms with Gasteiger partial charge in [-0.05, 0) is 36.3 Å². The van der Waals surface area contributed by atoms with Crippen molar-refractivity contribution in [1.82, 2.24) is 9.36 Å². The minimum absolute atomic E-state index is 0.00790. The van der Waals surface area contributed by atoms with Crippen molar-refractivity contribution < 1.29 is 17.9 Å². The summed E-state index contributed by atoms with van der Waals surface area (Å²) in [7, 11) is -3.58. The lowest BCUT2D eigenvalue weighted by molar-refractivity contribution is -0.112. The van der Waals surface area contributed by atoms with Crippen LogP contribution in [0.25, 0.3) is 6.08 Å². The van der Waals surface area contributed by atoms with Crippen LogP contribution in [-0.2, 0) is 21.2 Å². The lowest BCUT2D eigenvalue weighted by Gasteiger charge is -2.07. The summed E-state index contributed by atoms with van der Waals surface area (Å²) in [6.07, 6.45) is 2.38. The summed E-state index contributed by atoms with van der Waals surface area (Å²) in [6.45, 7) is 2.45. The van der Waals surface area contributed by atoms with Crippen molar-refractivity contribution in [3.63, 3.8) is 0 Å². The number of carbonyl (C=O) groups is 1. The van der Waals surface area contributed by atoms with Crippen molar-refractivity contribution in [3.05, 3.63) is 70.8 Å². The summed E-state index contributed by atoms with van der Waals surface area (Å²) >= 11 is 0.720. The first kappa shape index (κ1) is 22.1. The van der Waals surface area contributed by atoms with Gasteiger partial charge >= 0.3 is 0 Å². The van der Waals surface area contributed by atoms with Crippen molar-refractivity contribution in [2.75, 3.05) is 11.6 Å². The molecular weight excluding hydrogens is 436 g/mol. The molecule has 0 radical (unpaired) electrons. The highest BCUT2D eigenvalue weighted by molar-refractivity contribution is 7.90. The molecule has 0 atom stereocenters. The minimum Gasteiger partial charge on any atom is -0.489 e. The first-order valence-corrected chi connectivity index (χ1v) is 11.7. The maximum atomic E-state index is 12.3. The summed E-state index contributed by atoms with van der Waals surface area (Å²) in [5, 5.41) is 11.3. The zero-order valence-electron chi connectivity index (χ0n) is 16.7. The molecule has 0 saturated carbocycles. The molecule has 3 rings (SSSR count). The normalized spacial score (nSPS) is 11.6. The smallest absolute Gasteiger partial charge is 0.268 e. The molecule has 1 amide bonds. The number of hydrogen-bond acceptors (Lipinski definition) is 8. The number of aromatic nitrogens is 2. The first-order valence-electron chi connectivity index (χ1n) is 9.00. The molecular formula is C21H18N4O4S2. The molecule has 0 bridgehead atoms. The van der Waals surface area contributed by atoms with Crippen molar-refractivity contribution in [2.45, 2.75) is 18.7 Å². The summed E-state index contributed by atoms with van der Waals surface area (Å²) in [5.41, 5.74) is 2.68.